The monoisotopic (exact) mass is 358 g/mol. The molecule has 0 aliphatic rings. The fourth-order valence-electron chi connectivity index (χ4n) is 2.97. The van der Waals surface area contributed by atoms with Crippen LogP contribution in [-0.4, -0.2) is 20.4 Å². The van der Waals surface area contributed by atoms with E-state index < -0.39 is 5.56 Å². The highest BCUT2D eigenvalue weighted by atomic mass is 16.2. The normalized spacial score (nSPS) is 10.8. The third kappa shape index (κ3) is 3.64. The molecule has 0 spiro atoms. The molecule has 2 aromatic carbocycles. The Hall–Kier alpha value is -3.67. The summed E-state index contributed by atoms with van der Waals surface area (Å²) in [6.07, 6.45) is 3.34. The third-order valence-electron chi connectivity index (χ3n) is 4.42. The van der Waals surface area contributed by atoms with E-state index in [0.29, 0.717) is 6.54 Å². The average Bonchev–Trinajstić information content (AvgIpc) is 3.10. The van der Waals surface area contributed by atoms with Crippen LogP contribution in [-0.2, 0) is 13.1 Å². The van der Waals surface area contributed by atoms with Crippen LogP contribution in [0, 0.1) is 0 Å². The summed E-state index contributed by atoms with van der Waals surface area (Å²) < 4.78 is 2.10. The number of hydrogen-bond acceptors (Lipinski definition) is 3. The Morgan fingerprint density at radius 1 is 1.00 bits per heavy atom. The number of carbonyl (C=O) groups is 1. The van der Waals surface area contributed by atoms with Crippen molar-refractivity contribution in [2.45, 2.75) is 13.1 Å². The molecule has 27 heavy (non-hydrogen) atoms. The Morgan fingerprint density at radius 3 is 2.59 bits per heavy atom. The van der Waals surface area contributed by atoms with Gasteiger partial charge in [-0.05, 0) is 35.4 Å². The van der Waals surface area contributed by atoms with Gasteiger partial charge in [-0.3, -0.25) is 9.59 Å². The number of rotatable bonds is 5. The largest absolute Gasteiger partial charge is 0.348 e. The number of carbonyl (C=O) groups excluding carboxylic acids is 1. The zero-order valence-electron chi connectivity index (χ0n) is 14.6. The number of imidazole rings is 1. The van der Waals surface area contributed by atoms with E-state index in [4.69, 9.17) is 0 Å². The highest BCUT2D eigenvalue weighted by Crippen LogP contribution is 2.14. The van der Waals surface area contributed by atoms with Crippen LogP contribution in [0.3, 0.4) is 0 Å². The lowest BCUT2D eigenvalue weighted by Crippen LogP contribution is -2.28. The minimum absolute atomic E-state index is 0.112. The number of pyridine rings is 1. The van der Waals surface area contributed by atoms with E-state index in [0.717, 1.165) is 28.7 Å². The minimum Gasteiger partial charge on any atom is -0.348 e. The second-order valence-electron chi connectivity index (χ2n) is 6.27. The van der Waals surface area contributed by atoms with Crippen LogP contribution >= 0.6 is 0 Å². The van der Waals surface area contributed by atoms with Crippen LogP contribution in [0.2, 0.25) is 0 Å². The smallest absolute Gasteiger partial charge is 0.260 e. The van der Waals surface area contributed by atoms with Gasteiger partial charge < -0.3 is 14.9 Å². The average molecular weight is 358 g/mol. The zero-order valence-corrected chi connectivity index (χ0v) is 14.6. The highest BCUT2D eigenvalue weighted by molar-refractivity contribution is 5.93. The summed E-state index contributed by atoms with van der Waals surface area (Å²) in [4.78, 5) is 30.6. The second-order valence-corrected chi connectivity index (χ2v) is 6.27. The highest BCUT2D eigenvalue weighted by Gasteiger charge is 2.09. The zero-order chi connectivity index (χ0) is 18.6. The van der Waals surface area contributed by atoms with Crippen LogP contribution in [0.4, 0.5) is 0 Å². The van der Waals surface area contributed by atoms with Gasteiger partial charge >= 0.3 is 0 Å². The van der Waals surface area contributed by atoms with E-state index >= 15 is 0 Å². The topological polar surface area (TPSA) is 79.8 Å². The van der Waals surface area contributed by atoms with E-state index in [2.05, 4.69) is 25.9 Å². The van der Waals surface area contributed by atoms with Crippen molar-refractivity contribution >= 4 is 16.9 Å². The van der Waals surface area contributed by atoms with Gasteiger partial charge in [0.2, 0.25) is 0 Å². The molecule has 0 bridgehead atoms. The number of aromatic nitrogens is 3. The number of benzene rings is 2. The van der Waals surface area contributed by atoms with Crippen molar-refractivity contribution in [1.82, 2.24) is 19.9 Å². The first kappa shape index (κ1) is 16.8. The molecule has 2 heterocycles. The second kappa shape index (κ2) is 7.29. The molecule has 2 N–H and O–H groups in total. The summed E-state index contributed by atoms with van der Waals surface area (Å²) in [5.74, 6) is -0.384. The molecule has 2 aromatic heterocycles. The van der Waals surface area contributed by atoms with Crippen LogP contribution in [0.5, 0.6) is 0 Å². The summed E-state index contributed by atoms with van der Waals surface area (Å²) in [5.41, 5.74) is 3.91. The van der Waals surface area contributed by atoms with Gasteiger partial charge in [-0.15, -0.1) is 0 Å². The number of aromatic amines is 1. The molecule has 6 heteroatoms. The van der Waals surface area contributed by atoms with Crippen molar-refractivity contribution in [3.63, 3.8) is 0 Å². The lowest BCUT2D eigenvalue weighted by atomic mass is 10.1. The Balaban J connectivity index is 1.41. The maximum Gasteiger partial charge on any atom is 0.260 e. The van der Waals surface area contributed by atoms with E-state index in [1.807, 2.05) is 48.8 Å². The molecule has 0 atom stereocenters. The molecule has 0 saturated heterocycles. The molecule has 0 saturated carbocycles. The van der Waals surface area contributed by atoms with E-state index in [-0.39, 0.29) is 11.5 Å². The number of para-hydroxylation sites is 2. The molecule has 0 unspecified atom stereocenters. The molecule has 134 valence electrons. The number of nitrogens with one attached hydrogen (secondary N) is 2. The minimum atomic E-state index is -0.391. The van der Waals surface area contributed by atoms with Crippen molar-refractivity contribution in [3.05, 3.63) is 100 Å². The first-order valence-electron chi connectivity index (χ1n) is 8.64. The van der Waals surface area contributed by atoms with Gasteiger partial charge in [-0.25, -0.2) is 4.98 Å². The lowest BCUT2D eigenvalue weighted by molar-refractivity contribution is 0.0949. The van der Waals surface area contributed by atoms with Gasteiger partial charge in [0.25, 0.3) is 11.5 Å². The van der Waals surface area contributed by atoms with Gasteiger partial charge in [-0.2, -0.15) is 0 Å². The molecule has 0 fully saturated rings. The summed E-state index contributed by atoms with van der Waals surface area (Å²) in [7, 11) is 0. The van der Waals surface area contributed by atoms with Gasteiger partial charge in [-0.1, -0.05) is 36.4 Å². The molecule has 4 aromatic rings. The number of amides is 1. The Bertz CT molecular complexity index is 1140. The summed E-state index contributed by atoms with van der Waals surface area (Å²) in [6, 6.07) is 19.2. The predicted octanol–water partition coefficient (Wildman–Crippen LogP) is 2.70. The Kier molecular flexibility index (Phi) is 4.53. The van der Waals surface area contributed by atoms with Gasteiger partial charge in [0.1, 0.15) is 5.56 Å². The number of hydrogen-bond donors (Lipinski definition) is 2. The number of H-pyrrole nitrogens is 1. The van der Waals surface area contributed by atoms with Crippen molar-refractivity contribution in [2.75, 3.05) is 0 Å². The fraction of sp³-hybridized carbons (Fsp3) is 0.0952. The van der Waals surface area contributed by atoms with Crippen LogP contribution in [0.15, 0.2) is 78.0 Å². The standard InChI is InChI=1S/C21H18N4O2/c26-20-17(4-3-11-22-20)21(27)23-12-15-7-9-16(10-8-15)13-25-14-24-18-5-1-2-6-19(18)25/h1-11,14H,12-13H2,(H,22,26)(H,23,27). The van der Waals surface area contributed by atoms with Gasteiger partial charge in [0.15, 0.2) is 0 Å². The molecule has 6 nitrogen and oxygen atoms in total. The van der Waals surface area contributed by atoms with Crippen molar-refractivity contribution in [3.8, 4) is 0 Å². The molecular weight excluding hydrogens is 340 g/mol. The van der Waals surface area contributed by atoms with Crippen LogP contribution in [0.25, 0.3) is 11.0 Å². The Labute approximate surface area is 155 Å². The van der Waals surface area contributed by atoms with Crippen molar-refractivity contribution in [1.29, 1.82) is 0 Å². The van der Waals surface area contributed by atoms with E-state index in [9.17, 15) is 9.59 Å². The van der Waals surface area contributed by atoms with E-state index in [1.54, 1.807) is 6.07 Å². The fourth-order valence-corrected chi connectivity index (χ4v) is 2.97. The summed E-state index contributed by atoms with van der Waals surface area (Å²) >= 11 is 0. The van der Waals surface area contributed by atoms with E-state index in [1.165, 1.54) is 12.3 Å². The van der Waals surface area contributed by atoms with Gasteiger partial charge in [0.05, 0.1) is 17.4 Å². The first-order valence-corrected chi connectivity index (χ1v) is 8.64. The van der Waals surface area contributed by atoms with Crippen LogP contribution < -0.4 is 10.9 Å². The maximum atomic E-state index is 12.1. The quantitative estimate of drug-likeness (QED) is 0.576. The third-order valence-corrected chi connectivity index (χ3v) is 4.42. The molecule has 0 radical (unpaired) electrons. The number of fused-ring (bicyclic) bond motifs is 1. The molecule has 4 rings (SSSR count). The molecular formula is C21H18N4O2. The predicted molar refractivity (Wildman–Crippen MR) is 104 cm³/mol. The molecule has 0 aliphatic carbocycles. The van der Waals surface area contributed by atoms with Crippen molar-refractivity contribution in [2.24, 2.45) is 0 Å². The molecule has 1 amide bonds. The lowest BCUT2D eigenvalue weighted by Gasteiger charge is -2.08. The SMILES string of the molecule is O=C(NCc1ccc(Cn2cnc3ccccc32)cc1)c1ccc[nH]c1=O. The number of nitrogens with zero attached hydrogens (tertiary/aromatic N) is 2. The first-order chi connectivity index (χ1) is 13.2. The van der Waals surface area contributed by atoms with Crippen molar-refractivity contribution < 1.29 is 4.79 Å². The maximum absolute atomic E-state index is 12.1. The molecule has 0 aliphatic heterocycles. The summed E-state index contributed by atoms with van der Waals surface area (Å²) in [5, 5.41) is 2.77. The Morgan fingerprint density at radius 2 is 1.78 bits per heavy atom. The van der Waals surface area contributed by atoms with Crippen LogP contribution in [0.1, 0.15) is 21.5 Å². The van der Waals surface area contributed by atoms with Gasteiger partial charge in [0, 0.05) is 19.3 Å². The summed E-state index contributed by atoms with van der Waals surface area (Å²) in [6.45, 7) is 1.09.